The lowest BCUT2D eigenvalue weighted by Crippen LogP contribution is -2.40. The molecule has 0 bridgehead atoms. The number of hydrogen-bond donors (Lipinski definition) is 2. The summed E-state index contributed by atoms with van der Waals surface area (Å²) in [5, 5.41) is 12.7. The van der Waals surface area contributed by atoms with Gasteiger partial charge in [-0.05, 0) is 29.5 Å². The third-order valence-electron chi connectivity index (χ3n) is 3.73. The summed E-state index contributed by atoms with van der Waals surface area (Å²) >= 11 is 0. The Labute approximate surface area is 126 Å². The quantitative estimate of drug-likeness (QED) is 0.843. The average Bonchev–Trinajstić information content (AvgIpc) is 2.89. The Bertz CT molecular complexity index is 482. The largest absolute Gasteiger partial charge is 0.493 e. The van der Waals surface area contributed by atoms with E-state index in [9.17, 15) is 5.11 Å². The van der Waals surface area contributed by atoms with Crippen molar-refractivity contribution in [2.24, 2.45) is 5.41 Å². The van der Waals surface area contributed by atoms with Crippen LogP contribution in [0.2, 0.25) is 0 Å². The summed E-state index contributed by atoms with van der Waals surface area (Å²) in [6.07, 6.45) is 0.727. The van der Waals surface area contributed by atoms with Crippen molar-refractivity contribution < 1.29 is 19.3 Å². The molecule has 5 heteroatoms. The predicted molar refractivity (Wildman–Crippen MR) is 80.9 cm³/mol. The van der Waals surface area contributed by atoms with Gasteiger partial charge in [-0.25, -0.2) is 0 Å². The van der Waals surface area contributed by atoms with Gasteiger partial charge in [0.15, 0.2) is 11.5 Å². The van der Waals surface area contributed by atoms with Crippen LogP contribution in [0.15, 0.2) is 12.1 Å². The van der Waals surface area contributed by atoms with Crippen molar-refractivity contribution in [2.45, 2.75) is 39.8 Å². The lowest BCUT2D eigenvalue weighted by molar-refractivity contribution is 0.171. The summed E-state index contributed by atoms with van der Waals surface area (Å²) < 4.78 is 16.2. The van der Waals surface area contributed by atoms with E-state index in [-0.39, 0.29) is 24.9 Å². The highest BCUT2D eigenvalue weighted by atomic mass is 16.7. The monoisotopic (exact) mass is 295 g/mol. The molecule has 1 unspecified atom stereocenters. The molecule has 1 aromatic rings. The zero-order valence-corrected chi connectivity index (χ0v) is 13.2. The van der Waals surface area contributed by atoms with Gasteiger partial charge in [-0.3, -0.25) is 0 Å². The van der Waals surface area contributed by atoms with E-state index in [2.05, 4.69) is 26.1 Å². The van der Waals surface area contributed by atoms with Crippen LogP contribution < -0.4 is 19.5 Å². The first-order valence-electron chi connectivity index (χ1n) is 7.26. The number of methoxy groups -OCH3 is 1. The number of benzene rings is 1. The molecule has 1 aromatic carbocycles. The molecule has 21 heavy (non-hydrogen) atoms. The molecule has 118 valence electrons. The Kier molecular flexibility index (Phi) is 4.96. The minimum absolute atomic E-state index is 0.0865. The van der Waals surface area contributed by atoms with Crippen molar-refractivity contribution in [3.05, 3.63) is 17.7 Å². The average molecular weight is 295 g/mol. The number of aliphatic hydroxyl groups excluding tert-OH is 1. The van der Waals surface area contributed by atoms with Gasteiger partial charge in [0.2, 0.25) is 12.5 Å². The number of nitrogens with one attached hydrogen (secondary N) is 1. The van der Waals surface area contributed by atoms with Gasteiger partial charge in [0, 0.05) is 19.2 Å². The van der Waals surface area contributed by atoms with Gasteiger partial charge in [-0.2, -0.15) is 0 Å². The van der Waals surface area contributed by atoms with Crippen molar-refractivity contribution in [1.82, 2.24) is 5.32 Å². The summed E-state index contributed by atoms with van der Waals surface area (Å²) in [6, 6.07) is 4.16. The zero-order chi connectivity index (χ0) is 15.5. The van der Waals surface area contributed by atoms with Crippen molar-refractivity contribution >= 4 is 0 Å². The van der Waals surface area contributed by atoms with Crippen molar-refractivity contribution in [1.29, 1.82) is 0 Å². The van der Waals surface area contributed by atoms with Gasteiger partial charge in [0.05, 0.1) is 7.11 Å². The van der Waals surface area contributed by atoms with E-state index in [1.54, 1.807) is 7.11 Å². The predicted octanol–water partition coefficient (Wildman–Crippen LogP) is 2.31. The summed E-state index contributed by atoms with van der Waals surface area (Å²) in [5.74, 6) is 2.08. The fourth-order valence-corrected chi connectivity index (χ4v) is 2.50. The van der Waals surface area contributed by atoms with Crippen LogP contribution in [0.4, 0.5) is 0 Å². The molecule has 0 amide bonds. The Balaban J connectivity index is 2.09. The highest BCUT2D eigenvalue weighted by Gasteiger charge is 2.24. The maximum atomic E-state index is 9.21. The Morgan fingerprint density at radius 3 is 2.71 bits per heavy atom. The van der Waals surface area contributed by atoms with Gasteiger partial charge in [-0.15, -0.1) is 0 Å². The molecule has 1 atom stereocenters. The van der Waals surface area contributed by atoms with E-state index in [0.29, 0.717) is 18.0 Å². The van der Waals surface area contributed by atoms with Crippen LogP contribution in [0.1, 0.15) is 32.8 Å². The Morgan fingerprint density at radius 1 is 1.33 bits per heavy atom. The van der Waals surface area contributed by atoms with Crippen LogP contribution in [-0.4, -0.2) is 31.7 Å². The molecule has 0 aliphatic carbocycles. The molecule has 0 aromatic heterocycles. The molecule has 0 fully saturated rings. The second-order valence-electron chi connectivity index (χ2n) is 6.34. The van der Waals surface area contributed by atoms with Gasteiger partial charge < -0.3 is 24.6 Å². The molecule has 2 N–H and O–H groups in total. The highest BCUT2D eigenvalue weighted by molar-refractivity contribution is 5.55. The summed E-state index contributed by atoms with van der Waals surface area (Å²) in [5.41, 5.74) is 1.16. The smallest absolute Gasteiger partial charge is 0.231 e. The van der Waals surface area contributed by atoms with Crippen LogP contribution in [0.5, 0.6) is 17.2 Å². The molecule has 0 radical (unpaired) electrons. The molecule has 0 saturated heterocycles. The van der Waals surface area contributed by atoms with Crippen molar-refractivity contribution in [3.8, 4) is 17.2 Å². The molecule has 5 nitrogen and oxygen atoms in total. The Hall–Kier alpha value is -1.46. The molecule has 1 aliphatic heterocycles. The fourth-order valence-electron chi connectivity index (χ4n) is 2.50. The molecular formula is C16H25NO4. The molecule has 2 rings (SSSR count). The lowest BCUT2D eigenvalue weighted by Gasteiger charge is -2.31. The molecular weight excluding hydrogens is 270 g/mol. The third kappa shape index (κ3) is 3.80. The van der Waals surface area contributed by atoms with Crippen LogP contribution in [-0.2, 0) is 6.54 Å². The number of hydrogen-bond acceptors (Lipinski definition) is 5. The highest BCUT2D eigenvalue weighted by Crippen LogP contribution is 2.41. The first kappa shape index (κ1) is 15.9. The standard InChI is InChI=1S/C16H25NO4/c1-16(2,3)14(5-6-18)17-9-11-7-12(19-4)15-13(8-11)20-10-21-15/h7-8,14,17-18H,5-6,9-10H2,1-4H3. The van der Waals surface area contributed by atoms with Crippen LogP contribution in [0, 0.1) is 5.41 Å². The van der Waals surface area contributed by atoms with Crippen LogP contribution in [0.3, 0.4) is 0 Å². The minimum atomic E-state index is 0.0865. The Morgan fingerprint density at radius 2 is 2.10 bits per heavy atom. The topological polar surface area (TPSA) is 60.0 Å². The molecule has 1 aliphatic rings. The first-order valence-corrected chi connectivity index (χ1v) is 7.26. The van der Waals surface area contributed by atoms with E-state index in [4.69, 9.17) is 14.2 Å². The van der Waals surface area contributed by atoms with E-state index in [1.807, 2.05) is 12.1 Å². The number of ether oxygens (including phenoxy) is 3. The summed E-state index contributed by atoms with van der Waals surface area (Å²) in [4.78, 5) is 0. The number of rotatable bonds is 6. The SMILES string of the molecule is COc1cc(CNC(CCO)C(C)(C)C)cc2c1OCO2. The normalized spacial score (nSPS) is 15.1. The third-order valence-corrected chi connectivity index (χ3v) is 3.73. The van der Waals surface area contributed by atoms with Gasteiger partial charge in [-0.1, -0.05) is 20.8 Å². The van der Waals surface area contributed by atoms with E-state index >= 15 is 0 Å². The maximum absolute atomic E-state index is 9.21. The summed E-state index contributed by atoms with van der Waals surface area (Å²) in [6.45, 7) is 7.60. The fraction of sp³-hybridized carbons (Fsp3) is 0.625. The number of aliphatic hydroxyl groups is 1. The second kappa shape index (κ2) is 6.54. The lowest BCUT2D eigenvalue weighted by atomic mass is 9.85. The number of fused-ring (bicyclic) bond motifs is 1. The van der Waals surface area contributed by atoms with Crippen LogP contribution >= 0.6 is 0 Å². The van der Waals surface area contributed by atoms with Crippen molar-refractivity contribution in [3.63, 3.8) is 0 Å². The van der Waals surface area contributed by atoms with Gasteiger partial charge >= 0.3 is 0 Å². The van der Waals surface area contributed by atoms with Crippen LogP contribution in [0.25, 0.3) is 0 Å². The zero-order valence-electron chi connectivity index (χ0n) is 13.2. The summed E-state index contributed by atoms with van der Waals surface area (Å²) in [7, 11) is 1.62. The minimum Gasteiger partial charge on any atom is -0.493 e. The van der Waals surface area contributed by atoms with Gasteiger partial charge in [0.25, 0.3) is 0 Å². The van der Waals surface area contributed by atoms with Crippen molar-refractivity contribution in [2.75, 3.05) is 20.5 Å². The van der Waals surface area contributed by atoms with E-state index in [1.165, 1.54) is 0 Å². The first-order chi connectivity index (χ1) is 9.95. The van der Waals surface area contributed by atoms with E-state index in [0.717, 1.165) is 17.7 Å². The maximum Gasteiger partial charge on any atom is 0.231 e. The second-order valence-corrected chi connectivity index (χ2v) is 6.34. The molecule has 0 spiro atoms. The molecule has 1 heterocycles. The van der Waals surface area contributed by atoms with E-state index < -0.39 is 0 Å². The molecule has 0 saturated carbocycles. The van der Waals surface area contributed by atoms with Gasteiger partial charge in [0.1, 0.15) is 0 Å².